The molecule has 0 aromatic carbocycles. The van der Waals surface area contributed by atoms with Gasteiger partial charge in [0.1, 0.15) is 6.54 Å². The number of rotatable bonds is 7. The van der Waals surface area contributed by atoms with Gasteiger partial charge in [0.2, 0.25) is 17.7 Å². The number of alkyl halides is 3. The van der Waals surface area contributed by atoms with Gasteiger partial charge in [-0.05, 0) is 19.9 Å². The normalized spacial score (nSPS) is 11.1. The number of aromatic nitrogens is 3. The number of carbonyl (C=O) groups is 2. The molecule has 2 aromatic rings. The number of halogens is 3. The Morgan fingerprint density at radius 3 is 2.21 bits per heavy atom. The first-order valence-corrected chi connectivity index (χ1v) is 8.21. The van der Waals surface area contributed by atoms with E-state index in [4.69, 9.17) is 14.2 Å². The molecular weight excluding hydrogens is 397 g/mol. The summed E-state index contributed by atoms with van der Waals surface area (Å²) in [4.78, 5) is 32.0. The maximum atomic E-state index is 12.7. The Bertz CT molecular complexity index is 889. The Kier molecular flexibility index (Phi) is 6.67. The van der Waals surface area contributed by atoms with Gasteiger partial charge in [0.15, 0.2) is 6.61 Å². The molecule has 29 heavy (non-hydrogen) atoms. The zero-order valence-corrected chi connectivity index (χ0v) is 16.1. The number of amides is 1. The molecule has 0 aliphatic heterocycles. The van der Waals surface area contributed by atoms with Gasteiger partial charge in [-0.25, -0.2) is 4.79 Å². The number of hydrogen-bond donors (Lipinski definition) is 1. The predicted octanol–water partition coefficient (Wildman–Crippen LogP) is 2.27. The van der Waals surface area contributed by atoms with Crippen LogP contribution in [0.5, 0.6) is 11.8 Å². The Balaban J connectivity index is 2.02. The third-order valence-corrected chi connectivity index (χ3v) is 3.81. The minimum Gasteiger partial charge on any atom is -0.481 e. The number of carbonyl (C=O) groups excluding carboxylic acids is 2. The quantitative estimate of drug-likeness (QED) is 0.691. The number of aryl methyl sites for hydroxylation is 1. The summed E-state index contributed by atoms with van der Waals surface area (Å²) in [5, 5.41) is 2.31. The van der Waals surface area contributed by atoms with E-state index in [-0.39, 0.29) is 34.7 Å². The molecule has 158 valence electrons. The van der Waals surface area contributed by atoms with Gasteiger partial charge < -0.3 is 18.8 Å². The molecule has 1 amide bonds. The standard InChI is InChI=1S/C17H19F3N4O5/c1-9-5-11(10(2)24(9)8-17(18,19)20)15(26)29-7-12(25)21-16-22-13(27-3)6-14(23-16)28-4/h5-6H,7-8H2,1-4H3,(H,21,22,23,25). The summed E-state index contributed by atoms with van der Waals surface area (Å²) in [5.74, 6) is -1.53. The second kappa shape index (κ2) is 8.80. The molecule has 0 saturated carbocycles. The van der Waals surface area contributed by atoms with Crippen LogP contribution in [0.15, 0.2) is 12.1 Å². The molecule has 2 aromatic heterocycles. The van der Waals surface area contributed by atoms with Crippen molar-refractivity contribution in [3.05, 3.63) is 29.1 Å². The van der Waals surface area contributed by atoms with Crippen molar-refractivity contribution < 1.29 is 37.0 Å². The van der Waals surface area contributed by atoms with Gasteiger partial charge >= 0.3 is 12.1 Å². The highest BCUT2D eigenvalue weighted by Gasteiger charge is 2.30. The first kappa shape index (κ1) is 22.0. The van der Waals surface area contributed by atoms with Crippen LogP contribution in [-0.2, 0) is 16.1 Å². The molecule has 0 unspecified atom stereocenters. The third kappa shape index (κ3) is 5.83. The summed E-state index contributed by atoms with van der Waals surface area (Å²) < 4.78 is 53.7. The Hall–Kier alpha value is -3.31. The van der Waals surface area contributed by atoms with Gasteiger partial charge in [0, 0.05) is 11.4 Å². The molecule has 0 aliphatic carbocycles. The van der Waals surface area contributed by atoms with Crippen LogP contribution in [0.3, 0.4) is 0 Å². The van der Waals surface area contributed by atoms with Crippen LogP contribution in [0, 0.1) is 13.8 Å². The van der Waals surface area contributed by atoms with E-state index in [0.717, 1.165) is 4.57 Å². The minimum absolute atomic E-state index is 0.0566. The van der Waals surface area contributed by atoms with Crippen molar-refractivity contribution in [2.24, 2.45) is 0 Å². The molecule has 12 heteroatoms. The topological polar surface area (TPSA) is 105 Å². The van der Waals surface area contributed by atoms with E-state index < -0.39 is 31.2 Å². The molecule has 1 N–H and O–H groups in total. The van der Waals surface area contributed by atoms with Gasteiger partial charge in [-0.15, -0.1) is 0 Å². The van der Waals surface area contributed by atoms with E-state index in [2.05, 4.69) is 15.3 Å². The maximum absolute atomic E-state index is 12.7. The third-order valence-electron chi connectivity index (χ3n) is 3.81. The summed E-state index contributed by atoms with van der Waals surface area (Å²) >= 11 is 0. The zero-order valence-electron chi connectivity index (χ0n) is 16.1. The van der Waals surface area contributed by atoms with E-state index in [1.54, 1.807) is 0 Å². The van der Waals surface area contributed by atoms with Crippen LogP contribution in [-0.4, -0.2) is 53.4 Å². The lowest BCUT2D eigenvalue weighted by molar-refractivity contribution is -0.141. The van der Waals surface area contributed by atoms with E-state index in [0.29, 0.717) is 0 Å². The largest absolute Gasteiger partial charge is 0.481 e. The summed E-state index contributed by atoms with van der Waals surface area (Å²) in [7, 11) is 2.73. The predicted molar refractivity (Wildman–Crippen MR) is 94.0 cm³/mol. The van der Waals surface area contributed by atoms with Crippen LogP contribution < -0.4 is 14.8 Å². The van der Waals surface area contributed by atoms with Crippen molar-refractivity contribution in [2.45, 2.75) is 26.6 Å². The highest BCUT2D eigenvalue weighted by molar-refractivity contribution is 5.95. The molecule has 0 atom stereocenters. The molecule has 9 nitrogen and oxygen atoms in total. The molecule has 2 rings (SSSR count). The summed E-state index contributed by atoms with van der Waals surface area (Å²) in [6.45, 7) is 0.889. The highest BCUT2D eigenvalue weighted by Crippen LogP contribution is 2.23. The summed E-state index contributed by atoms with van der Waals surface area (Å²) in [6.07, 6.45) is -4.44. The molecule has 0 fully saturated rings. The van der Waals surface area contributed by atoms with Crippen LogP contribution in [0.25, 0.3) is 0 Å². The lowest BCUT2D eigenvalue weighted by Crippen LogP contribution is -2.23. The van der Waals surface area contributed by atoms with Crippen LogP contribution in [0.4, 0.5) is 19.1 Å². The molecular formula is C17H19F3N4O5. The molecule has 0 aliphatic rings. The fraction of sp³-hybridized carbons (Fsp3) is 0.412. The van der Waals surface area contributed by atoms with E-state index >= 15 is 0 Å². The number of nitrogens with one attached hydrogen (secondary N) is 1. The number of nitrogens with zero attached hydrogens (tertiary/aromatic N) is 3. The lowest BCUT2D eigenvalue weighted by atomic mass is 10.2. The van der Waals surface area contributed by atoms with Gasteiger partial charge in [-0.3, -0.25) is 10.1 Å². The molecule has 0 radical (unpaired) electrons. The summed E-state index contributed by atoms with van der Waals surface area (Å²) in [5.41, 5.74) is 0.276. The molecule has 0 spiro atoms. The van der Waals surface area contributed by atoms with Crippen molar-refractivity contribution in [3.63, 3.8) is 0 Å². The molecule has 0 saturated heterocycles. The first-order valence-electron chi connectivity index (χ1n) is 8.21. The van der Waals surface area contributed by atoms with Gasteiger partial charge in [0.05, 0.1) is 25.8 Å². The molecule has 2 heterocycles. The van der Waals surface area contributed by atoms with Gasteiger partial charge in [0.25, 0.3) is 5.91 Å². The lowest BCUT2D eigenvalue weighted by Gasteiger charge is -2.12. The number of esters is 1. The van der Waals surface area contributed by atoms with E-state index in [1.807, 2.05) is 0 Å². The Morgan fingerprint density at radius 1 is 1.10 bits per heavy atom. The Labute approximate surface area is 163 Å². The maximum Gasteiger partial charge on any atom is 0.406 e. The van der Waals surface area contributed by atoms with Crippen molar-refractivity contribution in [1.82, 2.24) is 14.5 Å². The second-order valence-corrected chi connectivity index (χ2v) is 5.89. The highest BCUT2D eigenvalue weighted by atomic mass is 19.4. The number of ether oxygens (including phenoxy) is 3. The number of hydrogen-bond acceptors (Lipinski definition) is 7. The molecule has 0 bridgehead atoms. The smallest absolute Gasteiger partial charge is 0.406 e. The van der Waals surface area contributed by atoms with Gasteiger partial charge in [-0.2, -0.15) is 23.1 Å². The van der Waals surface area contributed by atoms with Crippen molar-refractivity contribution in [1.29, 1.82) is 0 Å². The van der Waals surface area contributed by atoms with Crippen LogP contribution in [0.1, 0.15) is 21.7 Å². The van der Waals surface area contributed by atoms with Gasteiger partial charge in [-0.1, -0.05) is 0 Å². The summed E-state index contributed by atoms with van der Waals surface area (Å²) in [6, 6.07) is 2.67. The fourth-order valence-electron chi connectivity index (χ4n) is 2.47. The van der Waals surface area contributed by atoms with Crippen molar-refractivity contribution in [2.75, 3.05) is 26.1 Å². The van der Waals surface area contributed by atoms with Crippen LogP contribution >= 0.6 is 0 Å². The van der Waals surface area contributed by atoms with E-state index in [9.17, 15) is 22.8 Å². The fourth-order valence-corrected chi connectivity index (χ4v) is 2.47. The first-order chi connectivity index (χ1) is 13.5. The minimum atomic E-state index is -4.44. The second-order valence-electron chi connectivity index (χ2n) is 5.89. The van der Waals surface area contributed by atoms with Crippen LogP contribution in [0.2, 0.25) is 0 Å². The average Bonchev–Trinajstić information content (AvgIpc) is 2.92. The number of anilines is 1. The Morgan fingerprint density at radius 2 is 1.69 bits per heavy atom. The monoisotopic (exact) mass is 416 g/mol. The SMILES string of the molecule is COc1cc(OC)nc(NC(=O)COC(=O)c2cc(C)n(CC(F)(F)F)c2C)n1. The average molecular weight is 416 g/mol. The van der Waals surface area contributed by atoms with Crippen molar-refractivity contribution >= 4 is 17.8 Å². The van der Waals surface area contributed by atoms with Crippen molar-refractivity contribution in [3.8, 4) is 11.8 Å². The zero-order chi connectivity index (χ0) is 21.8. The number of methoxy groups -OCH3 is 2. The van der Waals surface area contributed by atoms with E-state index in [1.165, 1.54) is 40.2 Å².